The second-order valence-corrected chi connectivity index (χ2v) is 5.13. The Morgan fingerprint density at radius 3 is 1.88 bits per heavy atom. The van der Waals surface area contributed by atoms with Crippen molar-refractivity contribution in [3.05, 3.63) is 0 Å². The first kappa shape index (κ1) is 28.0. The van der Waals surface area contributed by atoms with E-state index in [0.29, 0.717) is 13.2 Å². The van der Waals surface area contributed by atoms with Crippen LogP contribution in [0.25, 0.3) is 0 Å². The van der Waals surface area contributed by atoms with E-state index in [9.17, 15) is 14.4 Å². The molecule has 0 bridgehead atoms. The van der Waals surface area contributed by atoms with Crippen LogP contribution in [0.5, 0.6) is 0 Å². The first-order chi connectivity index (χ1) is 11.7. The van der Waals surface area contributed by atoms with Crippen molar-refractivity contribution in [1.29, 1.82) is 0 Å². The lowest BCUT2D eigenvalue weighted by Crippen LogP contribution is -2.33. The number of rotatable bonds is 8. The molecule has 0 aromatic carbocycles. The summed E-state index contributed by atoms with van der Waals surface area (Å²) in [6.07, 6.45) is 2.41. The first-order valence-electron chi connectivity index (χ1n) is 8.59. The number of hydrogen-bond donors (Lipinski definition) is 3. The third-order valence-electron chi connectivity index (χ3n) is 2.72. The van der Waals surface area contributed by atoms with Crippen LogP contribution in [0, 0.1) is 0 Å². The third-order valence-corrected chi connectivity index (χ3v) is 2.72. The molecule has 0 saturated carbocycles. The van der Waals surface area contributed by atoms with Gasteiger partial charge in [-0.3, -0.25) is 9.59 Å². The van der Waals surface area contributed by atoms with E-state index in [1.807, 2.05) is 13.8 Å². The zero-order chi connectivity index (χ0) is 20.1. The molecule has 0 spiro atoms. The minimum Gasteiger partial charge on any atom is -0.450 e. The number of carbonyl (C=O) groups excluding carboxylic acids is 3. The largest absolute Gasteiger partial charge is 0.450 e. The van der Waals surface area contributed by atoms with E-state index in [4.69, 9.17) is 4.74 Å². The van der Waals surface area contributed by atoms with E-state index in [2.05, 4.69) is 20.7 Å². The zero-order valence-electron chi connectivity index (χ0n) is 16.9. The van der Waals surface area contributed by atoms with E-state index < -0.39 is 0 Å². The fourth-order valence-corrected chi connectivity index (χ4v) is 1.29. The number of unbranched alkanes of at least 4 members (excludes halogenated alkanes) is 1. The number of hydrogen-bond acceptors (Lipinski definition) is 5. The Labute approximate surface area is 152 Å². The van der Waals surface area contributed by atoms with Crippen LogP contribution >= 0.6 is 0 Å². The lowest BCUT2D eigenvalue weighted by molar-refractivity contribution is -0.119. The van der Waals surface area contributed by atoms with Gasteiger partial charge in [0.05, 0.1) is 6.61 Å². The van der Waals surface area contributed by atoms with Crippen LogP contribution in [0.15, 0.2) is 0 Å². The van der Waals surface area contributed by atoms with Crippen molar-refractivity contribution in [3.63, 3.8) is 0 Å². The van der Waals surface area contributed by atoms with Crippen LogP contribution in [-0.4, -0.2) is 57.9 Å². The molecule has 0 aliphatic heterocycles. The highest BCUT2D eigenvalue weighted by Gasteiger charge is 2.06. The molecule has 0 radical (unpaired) electrons. The Kier molecular flexibility index (Phi) is 24.8. The summed E-state index contributed by atoms with van der Waals surface area (Å²) in [5.41, 5.74) is 0. The fraction of sp³-hybridized carbons (Fsp3) is 0.824. The van der Waals surface area contributed by atoms with Gasteiger partial charge in [-0.1, -0.05) is 0 Å². The topological polar surface area (TPSA) is 106 Å². The van der Waals surface area contributed by atoms with Crippen molar-refractivity contribution in [2.24, 2.45) is 0 Å². The van der Waals surface area contributed by atoms with E-state index >= 15 is 0 Å². The van der Waals surface area contributed by atoms with Crippen molar-refractivity contribution >= 4 is 17.9 Å². The summed E-state index contributed by atoms with van der Waals surface area (Å²) in [4.78, 5) is 31.3. The molecule has 1 unspecified atom stereocenters. The third kappa shape index (κ3) is 34.5. The van der Waals surface area contributed by atoms with E-state index in [-0.39, 0.29) is 23.9 Å². The summed E-state index contributed by atoms with van der Waals surface area (Å²) in [6.45, 7) is 10.6. The van der Waals surface area contributed by atoms with Crippen LogP contribution in [-0.2, 0) is 19.1 Å². The Balaban J connectivity index is -0.000000442. The van der Waals surface area contributed by atoms with E-state index in [1.165, 1.54) is 13.8 Å². The predicted molar refractivity (Wildman–Crippen MR) is 99.4 cm³/mol. The zero-order valence-corrected chi connectivity index (χ0v) is 16.9. The van der Waals surface area contributed by atoms with E-state index in [1.54, 1.807) is 21.1 Å². The van der Waals surface area contributed by atoms with Crippen LogP contribution in [0.2, 0.25) is 0 Å². The van der Waals surface area contributed by atoms with Crippen LogP contribution in [0.3, 0.4) is 0 Å². The molecule has 8 nitrogen and oxygen atoms in total. The van der Waals surface area contributed by atoms with Gasteiger partial charge in [-0.25, -0.2) is 4.79 Å². The molecule has 3 amide bonds. The maximum atomic E-state index is 11.0. The van der Waals surface area contributed by atoms with Crippen molar-refractivity contribution in [2.75, 3.05) is 33.9 Å². The van der Waals surface area contributed by atoms with Gasteiger partial charge in [-0.2, -0.15) is 0 Å². The summed E-state index contributed by atoms with van der Waals surface area (Å²) in [6, 6.07) is 0.108. The molecule has 1 atom stereocenters. The van der Waals surface area contributed by atoms with Gasteiger partial charge in [0, 0.05) is 47.2 Å². The first-order valence-corrected chi connectivity index (χ1v) is 8.59. The molecular formula is C17H37N3O5. The molecule has 0 aromatic heterocycles. The van der Waals surface area contributed by atoms with Gasteiger partial charge < -0.3 is 25.4 Å². The van der Waals surface area contributed by atoms with Crippen molar-refractivity contribution < 1.29 is 23.9 Å². The molecule has 3 N–H and O–H groups in total. The highest BCUT2D eigenvalue weighted by molar-refractivity contribution is 5.72. The molecular weight excluding hydrogens is 326 g/mol. The molecule has 150 valence electrons. The average Bonchev–Trinajstić information content (AvgIpc) is 2.55. The minimum atomic E-state index is -0.364. The van der Waals surface area contributed by atoms with Gasteiger partial charge in [0.15, 0.2) is 0 Å². The van der Waals surface area contributed by atoms with Crippen molar-refractivity contribution in [2.45, 2.75) is 59.9 Å². The summed E-state index contributed by atoms with van der Waals surface area (Å²) in [5, 5.41) is 7.85. The summed E-state index contributed by atoms with van der Waals surface area (Å²) in [7, 11) is 3.28. The highest BCUT2D eigenvalue weighted by Crippen LogP contribution is 2.00. The van der Waals surface area contributed by atoms with E-state index in [0.717, 1.165) is 25.9 Å². The summed E-state index contributed by atoms with van der Waals surface area (Å²) >= 11 is 0. The molecule has 25 heavy (non-hydrogen) atoms. The highest BCUT2D eigenvalue weighted by atomic mass is 16.5. The summed E-state index contributed by atoms with van der Waals surface area (Å²) in [5.74, 6) is 0.00250. The Morgan fingerprint density at radius 2 is 1.52 bits per heavy atom. The SMILES string of the molecule is CCOC.CCOC(=O)NC(C)CCCCNC(C)=O.CNC(C)=O. The number of nitrogens with one attached hydrogen (secondary N) is 3. The predicted octanol–water partition coefficient (Wildman–Crippen LogP) is 1.83. The maximum Gasteiger partial charge on any atom is 0.407 e. The van der Waals surface area contributed by atoms with Gasteiger partial charge >= 0.3 is 6.09 Å². The lowest BCUT2D eigenvalue weighted by atomic mass is 10.1. The lowest BCUT2D eigenvalue weighted by Gasteiger charge is -2.13. The number of carbonyl (C=O) groups is 3. The summed E-state index contributed by atoms with van der Waals surface area (Å²) < 4.78 is 9.31. The van der Waals surface area contributed by atoms with Gasteiger partial charge in [0.1, 0.15) is 0 Å². The van der Waals surface area contributed by atoms with Gasteiger partial charge in [0.25, 0.3) is 0 Å². The Morgan fingerprint density at radius 1 is 1.00 bits per heavy atom. The Bertz CT molecular complexity index is 336. The molecule has 0 aliphatic rings. The van der Waals surface area contributed by atoms with Crippen LogP contribution in [0.1, 0.15) is 53.9 Å². The smallest absolute Gasteiger partial charge is 0.407 e. The molecule has 0 fully saturated rings. The average molecular weight is 363 g/mol. The second-order valence-electron chi connectivity index (χ2n) is 5.13. The number of methoxy groups -OCH3 is 1. The van der Waals surface area contributed by atoms with Crippen LogP contribution in [0.4, 0.5) is 4.79 Å². The molecule has 8 heteroatoms. The number of ether oxygens (including phenoxy) is 2. The molecule has 0 rings (SSSR count). The Hall–Kier alpha value is -1.83. The second kappa shape index (κ2) is 22.2. The fourth-order valence-electron chi connectivity index (χ4n) is 1.29. The standard InChI is InChI=1S/C11H22N2O3.C3H7NO.C3H8O/c1-4-16-11(15)13-9(2)7-5-6-8-12-10(3)14;1-3(5)4-2;1-3-4-2/h9H,4-8H2,1-3H3,(H,12,14)(H,13,15);1-2H3,(H,4,5);3H2,1-2H3. The minimum absolute atomic E-state index is 0.00213. The number of alkyl carbamates (subject to hydrolysis) is 1. The monoisotopic (exact) mass is 363 g/mol. The van der Waals surface area contributed by atoms with Gasteiger partial charge in [0.2, 0.25) is 11.8 Å². The molecule has 0 aliphatic carbocycles. The molecule has 0 heterocycles. The number of amides is 3. The molecule has 0 saturated heterocycles. The van der Waals surface area contributed by atoms with Gasteiger partial charge in [-0.05, 0) is 40.0 Å². The quantitative estimate of drug-likeness (QED) is 0.571. The van der Waals surface area contributed by atoms with Gasteiger partial charge in [-0.15, -0.1) is 0 Å². The van der Waals surface area contributed by atoms with Crippen molar-refractivity contribution in [1.82, 2.24) is 16.0 Å². The van der Waals surface area contributed by atoms with Crippen LogP contribution < -0.4 is 16.0 Å². The normalized spacial score (nSPS) is 10.0. The maximum absolute atomic E-state index is 11.0. The molecule has 0 aromatic rings. The van der Waals surface area contributed by atoms with Crippen molar-refractivity contribution in [3.8, 4) is 0 Å².